The molecule has 3 saturated heterocycles. The summed E-state index contributed by atoms with van der Waals surface area (Å²) < 4.78 is 5.65. The van der Waals surface area contributed by atoms with Crippen LogP contribution in [0, 0.1) is 0 Å². The lowest BCUT2D eigenvalue weighted by atomic mass is 9.96. The van der Waals surface area contributed by atoms with Gasteiger partial charge >= 0.3 is 0 Å². The maximum atomic E-state index is 5.65. The van der Waals surface area contributed by atoms with Gasteiger partial charge in [-0.25, -0.2) is 0 Å². The molecule has 92 valence electrons. The van der Waals surface area contributed by atoms with Gasteiger partial charge in [0, 0.05) is 43.8 Å². The molecular formula is C12H23N3O. The van der Waals surface area contributed by atoms with Crippen LogP contribution in [-0.2, 0) is 4.74 Å². The fourth-order valence-corrected chi connectivity index (χ4v) is 2.90. The van der Waals surface area contributed by atoms with E-state index in [1.807, 2.05) is 0 Å². The van der Waals surface area contributed by atoms with E-state index < -0.39 is 0 Å². The Balaban J connectivity index is 1.54. The molecule has 3 aliphatic heterocycles. The Bertz CT molecular complexity index is 258. The second-order valence-corrected chi connectivity index (χ2v) is 6.37. The first kappa shape index (κ1) is 11.0. The minimum absolute atomic E-state index is 0.294. The molecule has 0 spiro atoms. The van der Waals surface area contributed by atoms with Crippen molar-refractivity contribution >= 4 is 0 Å². The van der Waals surface area contributed by atoms with Crippen LogP contribution in [0.5, 0.6) is 0 Å². The lowest BCUT2D eigenvalue weighted by molar-refractivity contribution is -0.0432. The first-order valence-corrected chi connectivity index (χ1v) is 6.39. The summed E-state index contributed by atoms with van der Waals surface area (Å²) in [6.45, 7) is 12.5. The van der Waals surface area contributed by atoms with E-state index in [1.165, 1.54) is 19.6 Å². The van der Waals surface area contributed by atoms with Crippen molar-refractivity contribution in [1.29, 1.82) is 0 Å². The van der Waals surface area contributed by atoms with Crippen LogP contribution in [0.4, 0.5) is 0 Å². The SMILES string of the molecule is CC(C)(C)N1CC(N2CC3COC(C2)N3)C1. The minimum atomic E-state index is 0.294. The van der Waals surface area contributed by atoms with Crippen LogP contribution in [0.1, 0.15) is 20.8 Å². The van der Waals surface area contributed by atoms with Gasteiger partial charge in [-0.1, -0.05) is 0 Å². The van der Waals surface area contributed by atoms with Gasteiger partial charge in [0.25, 0.3) is 0 Å². The van der Waals surface area contributed by atoms with E-state index in [4.69, 9.17) is 4.74 Å². The standard InChI is InChI=1S/C12H23N3O/c1-12(2,3)15-5-10(6-15)14-4-9-8-16-11(7-14)13-9/h9-11,13H,4-8H2,1-3H3. The number of fused-ring (bicyclic) bond motifs is 2. The molecule has 3 aliphatic rings. The lowest BCUT2D eigenvalue weighted by Gasteiger charge is -2.52. The fraction of sp³-hybridized carbons (Fsp3) is 1.00. The molecule has 0 aromatic carbocycles. The predicted molar refractivity (Wildman–Crippen MR) is 63.4 cm³/mol. The third-order valence-corrected chi connectivity index (χ3v) is 4.10. The topological polar surface area (TPSA) is 27.7 Å². The molecular weight excluding hydrogens is 202 g/mol. The fourth-order valence-electron chi connectivity index (χ4n) is 2.90. The summed E-state index contributed by atoms with van der Waals surface area (Å²) in [7, 11) is 0. The van der Waals surface area contributed by atoms with E-state index in [1.54, 1.807) is 0 Å². The molecule has 16 heavy (non-hydrogen) atoms. The number of ether oxygens (including phenoxy) is 1. The summed E-state index contributed by atoms with van der Waals surface area (Å²) in [6, 6.07) is 1.33. The molecule has 3 rings (SSSR count). The van der Waals surface area contributed by atoms with Crippen LogP contribution in [-0.4, -0.2) is 66.4 Å². The summed E-state index contributed by atoms with van der Waals surface area (Å²) in [4.78, 5) is 5.17. The molecule has 2 unspecified atom stereocenters. The Morgan fingerprint density at radius 1 is 1.12 bits per heavy atom. The summed E-state index contributed by atoms with van der Waals surface area (Å²) in [5.41, 5.74) is 0.333. The monoisotopic (exact) mass is 225 g/mol. The highest BCUT2D eigenvalue weighted by atomic mass is 16.5. The maximum absolute atomic E-state index is 5.65. The van der Waals surface area contributed by atoms with E-state index in [-0.39, 0.29) is 0 Å². The Hall–Kier alpha value is -0.160. The van der Waals surface area contributed by atoms with Crippen molar-refractivity contribution in [3.05, 3.63) is 0 Å². The summed E-state index contributed by atoms with van der Waals surface area (Å²) in [6.07, 6.45) is 0.294. The smallest absolute Gasteiger partial charge is 0.121 e. The quantitative estimate of drug-likeness (QED) is 0.685. The van der Waals surface area contributed by atoms with Gasteiger partial charge in [-0.05, 0) is 20.8 Å². The molecule has 4 heteroatoms. The number of nitrogens with zero attached hydrogens (tertiary/aromatic N) is 2. The van der Waals surface area contributed by atoms with E-state index in [9.17, 15) is 0 Å². The number of piperazine rings is 1. The molecule has 2 atom stereocenters. The molecule has 1 N–H and O–H groups in total. The zero-order valence-electron chi connectivity index (χ0n) is 10.6. The number of hydrogen-bond acceptors (Lipinski definition) is 4. The van der Waals surface area contributed by atoms with Crippen molar-refractivity contribution in [1.82, 2.24) is 15.1 Å². The van der Waals surface area contributed by atoms with Crippen LogP contribution in [0.3, 0.4) is 0 Å². The Morgan fingerprint density at radius 3 is 2.50 bits per heavy atom. The average molecular weight is 225 g/mol. The molecule has 0 aromatic heterocycles. The molecule has 4 nitrogen and oxygen atoms in total. The van der Waals surface area contributed by atoms with Gasteiger partial charge in [0.2, 0.25) is 0 Å². The zero-order chi connectivity index (χ0) is 11.3. The first-order valence-electron chi connectivity index (χ1n) is 6.39. The van der Waals surface area contributed by atoms with Crippen LogP contribution < -0.4 is 5.32 Å². The van der Waals surface area contributed by atoms with E-state index in [2.05, 4.69) is 35.9 Å². The normalized spacial score (nSPS) is 37.7. The molecule has 0 saturated carbocycles. The van der Waals surface area contributed by atoms with Crippen molar-refractivity contribution < 1.29 is 4.74 Å². The van der Waals surface area contributed by atoms with E-state index in [0.717, 1.165) is 19.2 Å². The van der Waals surface area contributed by atoms with E-state index >= 15 is 0 Å². The van der Waals surface area contributed by atoms with Crippen LogP contribution in [0.25, 0.3) is 0 Å². The maximum Gasteiger partial charge on any atom is 0.121 e. The Kier molecular flexibility index (Phi) is 2.51. The second kappa shape index (κ2) is 3.67. The highest BCUT2D eigenvalue weighted by molar-refractivity contribution is 4.98. The van der Waals surface area contributed by atoms with Gasteiger partial charge < -0.3 is 4.74 Å². The molecule has 0 radical (unpaired) electrons. The molecule has 3 heterocycles. The van der Waals surface area contributed by atoms with Gasteiger partial charge in [0.1, 0.15) is 6.23 Å². The second-order valence-electron chi connectivity index (χ2n) is 6.37. The van der Waals surface area contributed by atoms with Gasteiger partial charge in [0.05, 0.1) is 6.61 Å². The number of nitrogens with one attached hydrogen (secondary N) is 1. The minimum Gasteiger partial charge on any atom is -0.360 e. The predicted octanol–water partition coefficient (Wildman–Crippen LogP) is 0.0992. The van der Waals surface area contributed by atoms with Gasteiger partial charge in [0.15, 0.2) is 0 Å². The third-order valence-electron chi connectivity index (χ3n) is 4.10. The largest absolute Gasteiger partial charge is 0.360 e. The van der Waals surface area contributed by atoms with Crippen LogP contribution in [0.15, 0.2) is 0 Å². The van der Waals surface area contributed by atoms with Crippen LogP contribution in [0.2, 0.25) is 0 Å². The number of likely N-dealkylation sites (tertiary alicyclic amines) is 1. The van der Waals surface area contributed by atoms with Crippen molar-refractivity contribution in [2.24, 2.45) is 0 Å². The Labute approximate surface area is 97.9 Å². The van der Waals surface area contributed by atoms with Crippen molar-refractivity contribution in [2.75, 3.05) is 32.8 Å². The Morgan fingerprint density at radius 2 is 1.88 bits per heavy atom. The lowest BCUT2D eigenvalue weighted by Crippen LogP contribution is -2.68. The summed E-state index contributed by atoms with van der Waals surface area (Å²) >= 11 is 0. The van der Waals surface area contributed by atoms with Crippen molar-refractivity contribution in [3.8, 4) is 0 Å². The molecule has 2 bridgehead atoms. The average Bonchev–Trinajstić information content (AvgIpc) is 2.40. The number of rotatable bonds is 1. The molecule has 0 aromatic rings. The van der Waals surface area contributed by atoms with E-state index in [0.29, 0.717) is 17.8 Å². The summed E-state index contributed by atoms with van der Waals surface area (Å²) in [5, 5.41) is 3.49. The molecule has 0 amide bonds. The van der Waals surface area contributed by atoms with Crippen molar-refractivity contribution in [2.45, 2.75) is 44.6 Å². The first-order chi connectivity index (χ1) is 7.52. The highest BCUT2D eigenvalue weighted by Crippen LogP contribution is 2.26. The van der Waals surface area contributed by atoms with Gasteiger partial charge in [-0.3, -0.25) is 15.1 Å². The zero-order valence-corrected chi connectivity index (χ0v) is 10.6. The van der Waals surface area contributed by atoms with Crippen LogP contribution >= 0.6 is 0 Å². The van der Waals surface area contributed by atoms with Gasteiger partial charge in [-0.15, -0.1) is 0 Å². The molecule has 3 fully saturated rings. The summed E-state index contributed by atoms with van der Waals surface area (Å²) in [5.74, 6) is 0. The molecule has 0 aliphatic carbocycles. The van der Waals surface area contributed by atoms with Gasteiger partial charge in [-0.2, -0.15) is 0 Å². The number of hydrogen-bond donors (Lipinski definition) is 1. The highest BCUT2D eigenvalue weighted by Gasteiger charge is 2.42. The third kappa shape index (κ3) is 1.88. The van der Waals surface area contributed by atoms with Crippen molar-refractivity contribution in [3.63, 3.8) is 0 Å².